The van der Waals surface area contributed by atoms with Gasteiger partial charge in [0, 0.05) is 23.5 Å². The Labute approximate surface area is 154 Å². The van der Waals surface area contributed by atoms with E-state index < -0.39 is 0 Å². The highest BCUT2D eigenvalue weighted by atomic mass is 32.1. The van der Waals surface area contributed by atoms with Gasteiger partial charge in [-0.3, -0.25) is 9.20 Å². The Balaban J connectivity index is 1.51. The van der Waals surface area contributed by atoms with Crippen molar-refractivity contribution < 1.29 is 0 Å². The van der Waals surface area contributed by atoms with E-state index in [1.165, 1.54) is 4.40 Å². The molecule has 0 spiro atoms. The van der Waals surface area contributed by atoms with E-state index in [1.54, 1.807) is 23.6 Å². The summed E-state index contributed by atoms with van der Waals surface area (Å²) in [4.78, 5) is 17.7. The smallest absolute Gasteiger partial charge is 0.258 e. The Kier molecular flexibility index (Phi) is 4.50. The molecule has 0 aliphatic carbocycles. The monoisotopic (exact) mass is 357 g/mol. The molecule has 0 atom stereocenters. The second kappa shape index (κ2) is 7.26. The van der Waals surface area contributed by atoms with Crippen molar-refractivity contribution in [3.63, 3.8) is 0 Å². The van der Waals surface area contributed by atoms with Gasteiger partial charge in [0.25, 0.3) is 5.56 Å². The van der Waals surface area contributed by atoms with Crippen LogP contribution in [-0.4, -0.2) is 9.38 Å². The van der Waals surface area contributed by atoms with E-state index >= 15 is 0 Å². The summed E-state index contributed by atoms with van der Waals surface area (Å²) in [6.07, 6.45) is 1.72. The average Bonchev–Trinajstić information content (AvgIpc) is 3.19. The minimum absolute atomic E-state index is 0.0806. The fourth-order valence-corrected chi connectivity index (χ4v) is 3.15. The summed E-state index contributed by atoms with van der Waals surface area (Å²) in [7, 11) is 0. The number of pyridine rings is 1. The molecule has 0 saturated carbocycles. The van der Waals surface area contributed by atoms with Gasteiger partial charge >= 0.3 is 0 Å². The molecule has 4 nitrogen and oxygen atoms in total. The highest BCUT2D eigenvalue weighted by Gasteiger charge is 2.02. The van der Waals surface area contributed by atoms with Crippen LogP contribution in [0.25, 0.3) is 5.65 Å². The summed E-state index contributed by atoms with van der Waals surface area (Å²) in [5, 5.41) is 5.33. The number of aromatic nitrogens is 2. The maximum absolute atomic E-state index is 12.1. The third kappa shape index (κ3) is 3.66. The number of thiophene rings is 1. The summed E-state index contributed by atoms with van der Waals surface area (Å²) in [5.74, 6) is 6.32. The number of fused-ring (bicyclic) bond motifs is 1. The molecule has 126 valence electrons. The molecule has 0 fully saturated rings. The van der Waals surface area contributed by atoms with Crippen LogP contribution in [0.15, 0.2) is 77.0 Å². The molecule has 0 aliphatic heterocycles. The molecule has 26 heavy (non-hydrogen) atoms. The van der Waals surface area contributed by atoms with E-state index in [4.69, 9.17) is 0 Å². The van der Waals surface area contributed by atoms with E-state index in [-0.39, 0.29) is 5.56 Å². The van der Waals surface area contributed by atoms with E-state index in [0.29, 0.717) is 17.9 Å². The van der Waals surface area contributed by atoms with Gasteiger partial charge in [0.15, 0.2) is 0 Å². The third-order valence-corrected chi connectivity index (χ3v) is 4.60. The predicted octanol–water partition coefficient (Wildman–Crippen LogP) is 3.77. The molecular weight excluding hydrogens is 342 g/mol. The second-order valence-corrected chi connectivity index (χ2v) is 6.62. The van der Waals surface area contributed by atoms with E-state index in [9.17, 15) is 4.79 Å². The maximum atomic E-state index is 12.1. The molecule has 0 amide bonds. The number of nitrogens with one attached hydrogen (secondary N) is 1. The first-order chi connectivity index (χ1) is 12.8. The second-order valence-electron chi connectivity index (χ2n) is 5.68. The summed E-state index contributed by atoms with van der Waals surface area (Å²) < 4.78 is 1.53. The number of nitrogens with zero attached hydrogens (tertiary/aromatic N) is 2. The van der Waals surface area contributed by atoms with Crippen molar-refractivity contribution in [3.05, 3.63) is 98.7 Å². The predicted molar refractivity (Wildman–Crippen MR) is 106 cm³/mol. The molecule has 5 heteroatoms. The lowest BCUT2D eigenvalue weighted by atomic mass is 10.2. The zero-order valence-corrected chi connectivity index (χ0v) is 14.7. The van der Waals surface area contributed by atoms with Crippen LogP contribution in [0.4, 0.5) is 5.69 Å². The van der Waals surface area contributed by atoms with Crippen molar-refractivity contribution in [3.8, 4) is 11.8 Å². The van der Waals surface area contributed by atoms with Gasteiger partial charge in [0.05, 0.1) is 17.1 Å². The van der Waals surface area contributed by atoms with Gasteiger partial charge in [-0.15, -0.1) is 11.3 Å². The fraction of sp³-hybridized carbons (Fsp3) is 0.0476. The van der Waals surface area contributed by atoms with Gasteiger partial charge in [-0.25, -0.2) is 4.98 Å². The van der Waals surface area contributed by atoms with Crippen molar-refractivity contribution >= 4 is 22.7 Å². The van der Waals surface area contributed by atoms with Gasteiger partial charge in [0.2, 0.25) is 0 Å². The van der Waals surface area contributed by atoms with Gasteiger partial charge in [-0.2, -0.15) is 0 Å². The lowest BCUT2D eigenvalue weighted by molar-refractivity contribution is 0.971. The summed E-state index contributed by atoms with van der Waals surface area (Å²) in [6, 6.07) is 19.0. The van der Waals surface area contributed by atoms with Gasteiger partial charge in [-0.1, -0.05) is 30.0 Å². The first-order valence-corrected chi connectivity index (χ1v) is 9.03. The molecule has 0 bridgehead atoms. The Morgan fingerprint density at radius 1 is 1.04 bits per heavy atom. The molecule has 0 unspecified atom stereocenters. The molecule has 1 N–H and O–H groups in total. The molecular formula is C21H15N3OS. The van der Waals surface area contributed by atoms with Crippen molar-refractivity contribution in [1.82, 2.24) is 9.38 Å². The number of benzene rings is 1. The van der Waals surface area contributed by atoms with Crippen molar-refractivity contribution in [2.45, 2.75) is 6.54 Å². The number of rotatable bonds is 3. The van der Waals surface area contributed by atoms with Crippen LogP contribution >= 0.6 is 11.3 Å². The molecule has 1 aromatic carbocycles. The van der Waals surface area contributed by atoms with Crippen LogP contribution in [0.5, 0.6) is 0 Å². The highest BCUT2D eigenvalue weighted by Crippen LogP contribution is 2.12. The summed E-state index contributed by atoms with van der Waals surface area (Å²) >= 11 is 1.63. The van der Waals surface area contributed by atoms with Crippen molar-refractivity contribution in [1.29, 1.82) is 0 Å². The minimum Gasteiger partial charge on any atom is -0.379 e. The molecule has 3 aromatic heterocycles. The topological polar surface area (TPSA) is 46.4 Å². The lowest BCUT2D eigenvalue weighted by Gasteiger charge is -2.07. The minimum atomic E-state index is -0.0806. The Morgan fingerprint density at radius 2 is 2.00 bits per heavy atom. The quantitative estimate of drug-likeness (QED) is 0.568. The third-order valence-electron chi connectivity index (χ3n) is 3.81. The largest absolute Gasteiger partial charge is 0.379 e. The molecule has 0 aliphatic rings. The van der Waals surface area contributed by atoms with E-state index in [0.717, 1.165) is 16.1 Å². The van der Waals surface area contributed by atoms with E-state index in [2.05, 4.69) is 22.1 Å². The van der Waals surface area contributed by atoms with Crippen LogP contribution in [0, 0.1) is 11.8 Å². The standard InChI is InChI=1S/C21H15N3OS/c25-21-14-18(23-20-8-1-2-11-24(20)21)15-22-17-6-3-5-16(13-17)9-10-19-7-4-12-26-19/h1-8,11-14,22H,15H2. The number of anilines is 1. The molecule has 4 aromatic rings. The van der Waals surface area contributed by atoms with E-state index in [1.807, 2.05) is 60.0 Å². The SMILES string of the molecule is O=c1cc(CNc2cccc(C#Cc3cccs3)c2)nc2ccccn12. The fourth-order valence-electron chi connectivity index (χ4n) is 2.58. The molecule has 0 radical (unpaired) electrons. The zero-order valence-electron chi connectivity index (χ0n) is 13.8. The summed E-state index contributed by atoms with van der Waals surface area (Å²) in [5.41, 5.74) is 3.15. The van der Waals surface area contributed by atoms with Crippen LogP contribution in [-0.2, 0) is 6.54 Å². The van der Waals surface area contributed by atoms with Crippen LogP contribution in [0.2, 0.25) is 0 Å². The van der Waals surface area contributed by atoms with Crippen LogP contribution in [0.3, 0.4) is 0 Å². The first kappa shape index (κ1) is 16.1. The average molecular weight is 357 g/mol. The van der Waals surface area contributed by atoms with Gasteiger partial charge in [-0.05, 0) is 41.8 Å². The van der Waals surface area contributed by atoms with Crippen LogP contribution in [0.1, 0.15) is 16.1 Å². The normalized spacial score (nSPS) is 10.3. The Morgan fingerprint density at radius 3 is 2.88 bits per heavy atom. The Hall–Kier alpha value is -3.36. The van der Waals surface area contributed by atoms with Crippen molar-refractivity contribution in [2.75, 3.05) is 5.32 Å². The van der Waals surface area contributed by atoms with Gasteiger partial charge < -0.3 is 5.32 Å². The Bertz CT molecular complexity index is 1170. The first-order valence-electron chi connectivity index (χ1n) is 8.15. The zero-order chi connectivity index (χ0) is 17.8. The summed E-state index contributed by atoms with van der Waals surface area (Å²) in [6.45, 7) is 0.475. The van der Waals surface area contributed by atoms with Crippen molar-refractivity contribution in [2.24, 2.45) is 0 Å². The molecule has 0 saturated heterocycles. The van der Waals surface area contributed by atoms with Gasteiger partial charge in [0.1, 0.15) is 5.65 Å². The molecule has 4 rings (SSSR count). The lowest BCUT2D eigenvalue weighted by Crippen LogP contribution is -2.16. The van der Waals surface area contributed by atoms with Crippen LogP contribution < -0.4 is 10.9 Å². The number of hydrogen-bond donors (Lipinski definition) is 1. The number of hydrogen-bond acceptors (Lipinski definition) is 4. The maximum Gasteiger partial charge on any atom is 0.258 e. The highest BCUT2D eigenvalue weighted by molar-refractivity contribution is 7.10. The molecule has 3 heterocycles.